The van der Waals surface area contributed by atoms with Crippen LogP contribution in [0.25, 0.3) is 0 Å². The summed E-state index contributed by atoms with van der Waals surface area (Å²) >= 11 is 0. The second-order valence-electron chi connectivity index (χ2n) is 10.3. The minimum absolute atomic E-state index is 0. The van der Waals surface area contributed by atoms with Crippen molar-refractivity contribution in [1.82, 2.24) is 0 Å². The summed E-state index contributed by atoms with van der Waals surface area (Å²) in [7, 11) is 3.25. The Morgan fingerprint density at radius 2 is 0.446 bits per heavy atom. The molecule has 0 saturated heterocycles. The number of hydrogen-bond donors (Lipinski definition) is 2. The molecule has 0 aliphatic rings. The van der Waals surface area contributed by atoms with Crippen LogP contribution >= 0.6 is 0 Å². The molecule has 0 amide bonds. The largest absolute Gasteiger partial charge is 1.00 e. The zero-order valence-electron chi connectivity index (χ0n) is 27.7. The second kappa shape index (κ2) is 19.9. The molecule has 0 saturated carbocycles. The SMILES string of the molecule is COC.Fc1c(F)c(F)c([B-](c2c(F)c(F)c(F)c(F)c2F)(c2c(F)c(F)c(F)c(F)c2F)c2c(F)c(F)c(F)c(F)c2F)c(F)c1F.OCCOCCO.[Li+]. The number of rotatable bonds is 8. The summed E-state index contributed by atoms with van der Waals surface area (Å²) in [4.78, 5) is 0. The average molecular weight is 838 g/mol. The Morgan fingerprint density at radius 1 is 0.321 bits per heavy atom. The molecule has 0 heterocycles. The third-order valence-corrected chi connectivity index (χ3v) is 7.18. The quantitative estimate of drug-likeness (QED) is 0.0941. The summed E-state index contributed by atoms with van der Waals surface area (Å²) in [5.41, 5.74) is -14.3. The molecule has 2 N–H and O–H groups in total. The first-order chi connectivity index (χ1) is 25.5. The van der Waals surface area contributed by atoms with Gasteiger partial charge in [-0.3, -0.25) is 0 Å². The van der Waals surface area contributed by atoms with Gasteiger partial charge in [0.15, 0.2) is 69.8 Å². The van der Waals surface area contributed by atoms with Gasteiger partial charge < -0.3 is 19.7 Å². The van der Waals surface area contributed by atoms with E-state index in [1.165, 1.54) is 0 Å². The topological polar surface area (TPSA) is 58.9 Å². The van der Waals surface area contributed by atoms with E-state index in [1.54, 1.807) is 14.2 Å². The van der Waals surface area contributed by atoms with Crippen LogP contribution in [0.5, 0.6) is 0 Å². The van der Waals surface area contributed by atoms with Crippen molar-refractivity contribution in [1.29, 1.82) is 0 Å². The normalized spacial score (nSPS) is 11.1. The van der Waals surface area contributed by atoms with E-state index in [2.05, 4.69) is 9.47 Å². The molecule has 4 aromatic carbocycles. The molecule has 0 fully saturated rings. The first-order valence-electron chi connectivity index (χ1n) is 14.0. The Hall–Kier alpha value is -4.02. The number of hydrogen-bond acceptors (Lipinski definition) is 4. The molecule has 0 bridgehead atoms. The minimum atomic E-state index is -7.22. The van der Waals surface area contributed by atoms with Crippen molar-refractivity contribution in [3.8, 4) is 0 Å². The monoisotopic (exact) mass is 838 g/mol. The molecule has 0 aliphatic carbocycles. The summed E-state index contributed by atoms with van der Waals surface area (Å²) < 4.78 is 303. The Morgan fingerprint density at radius 3 is 0.571 bits per heavy atom. The van der Waals surface area contributed by atoms with Crippen LogP contribution in [0.3, 0.4) is 0 Å². The van der Waals surface area contributed by atoms with Crippen LogP contribution in [0.2, 0.25) is 0 Å². The standard InChI is InChI=1S/C24BF20.C4H10O3.C2H6O.Li/c26-5-1(6(27)14(35)21(42)13(5)34)25(2-7(28)15(36)22(43)16(37)8(2)29,3-9(30)17(38)23(44)18(39)10(3)31)4-11(32)19(40)24(45)20(41)12(4)33;5-1-3-7-4-2-6;1-3-2;/h;5-6H,1-4H2;1-2H3;/q-1;;;+1. The maximum atomic E-state index is 15.4. The molecule has 304 valence electrons. The number of ether oxygens (including phenoxy) is 2. The van der Waals surface area contributed by atoms with E-state index in [0.717, 1.165) is 0 Å². The van der Waals surface area contributed by atoms with Crippen LogP contribution in [0.15, 0.2) is 0 Å². The second-order valence-corrected chi connectivity index (χ2v) is 10.3. The number of halogens is 20. The first-order valence-corrected chi connectivity index (χ1v) is 14.0. The van der Waals surface area contributed by atoms with Crippen LogP contribution in [0, 0.1) is 116 Å². The molecule has 4 rings (SSSR count). The number of aliphatic hydroxyl groups is 2. The zero-order chi connectivity index (χ0) is 42.6. The van der Waals surface area contributed by atoms with Crippen LogP contribution in [0.1, 0.15) is 0 Å². The van der Waals surface area contributed by atoms with Gasteiger partial charge in [0.05, 0.1) is 26.4 Å². The molecule has 0 spiro atoms. The van der Waals surface area contributed by atoms with E-state index in [-0.39, 0.29) is 32.1 Å². The van der Waals surface area contributed by atoms with E-state index in [0.29, 0.717) is 13.2 Å². The molecular formula is C30H16BF20LiO4. The fraction of sp³-hybridized carbons (Fsp3) is 0.200. The van der Waals surface area contributed by atoms with Gasteiger partial charge in [-0.1, -0.05) is 0 Å². The fourth-order valence-electron chi connectivity index (χ4n) is 5.11. The molecule has 0 radical (unpaired) electrons. The number of aliphatic hydroxyl groups excluding tert-OH is 2. The molecule has 4 nitrogen and oxygen atoms in total. The van der Waals surface area contributed by atoms with Crippen LogP contribution in [0.4, 0.5) is 87.8 Å². The first kappa shape index (κ1) is 50.0. The number of benzene rings is 4. The molecule has 56 heavy (non-hydrogen) atoms. The van der Waals surface area contributed by atoms with Crippen molar-refractivity contribution in [2.45, 2.75) is 0 Å². The predicted octanol–water partition coefficient (Wildman–Crippen LogP) is 2.10. The van der Waals surface area contributed by atoms with Crippen LogP contribution < -0.4 is 40.7 Å². The van der Waals surface area contributed by atoms with Gasteiger partial charge in [-0.25, -0.2) is 87.8 Å². The summed E-state index contributed by atoms with van der Waals surface area (Å²) in [5, 5.41) is 16.2. The summed E-state index contributed by atoms with van der Waals surface area (Å²) in [5.74, 6) is -71.4. The summed E-state index contributed by atoms with van der Waals surface area (Å²) in [6, 6.07) is 0. The van der Waals surface area contributed by atoms with Crippen molar-refractivity contribution in [2.75, 3.05) is 40.6 Å². The van der Waals surface area contributed by atoms with E-state index >= 15 is 35.1 Å². The van der Waals surface area contributed by atoms with Crippen molar-refractivity contribution in [3.63, 3.8) is 0 Å². The molecule has 0 unspecified atom stereocenters. The van der Waals surface area contributed by atoms with Gasteiger partial charge in [-0.05, 0) is 0 Å². The van der Waals surface area contributed by atoms with E-state index in [9.17, 15) is 52.7 Å². The van der Waals surface area contributed by atoms with Gasteiger partial charge in [0, 0.05) is 14.2 Å². The zero-order valence-corrected chi connectivity index (χ0v) is 27.7. The van der Waals surface area contributed by atoms with Crippen molar-refractivity contribution in [3.05, 3.63) is 116 Å². The molecule has 26 heteroatoms. The van der Waals surface area contributed by atoms with Crippen molar-refractivity contribution in [2.24, 2.45) is 0 Å². The third kappa shape index (κ3) is 8.33. The Kier molecular flexibility index (Phi) is 17.8. The Bertz CT molecular complexity index is 1700. The van der Waals surface area contributed by atoms with Crippen LogP contribution in [-0.4, -0.2) is 57.0 Å². The van der Waals surface area contributed by atoms with E-state index in [1.807, 2.05) is 0 Å². The van der Waals surface area contributed by atoms with Crippen molar-refractivity contribution >= 4 is 28.0 Å². The van der Waals surface area contributed by atoms with Gasteiger partial charge in [-0.2, -0.15) is 0 Å². The minimum Gasteiger partial charge on any atom is -0.394 e. The average Bonchev–Trinajstić information content (AvgIpc) is 3.15. The smallest absolute Gasteiger partial charge is 0.394 e. The fourth-order valence-corrected chi connectivity index (χ4v) is 5.11. The van der Waals surface area contributed by atoms with Gasteiger partial charge in [0.1, 0.15) is 52.7 Å². The molecular weight excluding hydrogens is 822 g/mol. The third-order valence-electron chi connectivity index (χ3n) is 7.18. The van der Waals surface area contributed by atoms with E-state index < -0.39 is 144 Å². The Balaban J connectivity index is 0.00000127. The maximum absolute atomic E-state index is 15.4. The van der Waals surface area contributed by atoms with Gasteiger partial charge in [-0.15, -0.1) is 21.9 Å². The molecule has 4 aromatic rings. The van der Waals surface area contributed by atoms with Gasteiger partial charge in [0.25, 0.3) is 0 Å². The molecule has 0 aliphatic heterocycles. The molecule has 0 aromatic heterocycles. The summed E-state index contributed by atoms with van der Waals surface area (Å²) in [6.45, 7) is 0.696. The van der Waals surface area contributed by atoms with Crippen LogP contribution in [-0.2, 0) is 9.47 Å². The number of methoxy groups -OCH3 is 1. The molecule has 0 atom stereocenters. The Labute approximate surface area is 311 Å². The van der Waals surface area contributed by atoms with Gasteiger partial charge in [0.2, 0.25) is 0 Å². The predicted molar refractivity (Wildman–Crippen MR) is 147 cm³/mol. The van der Waals surface area contributed by atoms with E-state index in [4.69, 9.17) is 10.2 Å². The van der Waals surface area contributed by atoms with Crippen molar-refractivity contribution < 1.29 is 126 Å². The van der Waals surface area contributed by atoms with Gasteiger partial charge >= 0.3 is 18.9 Å². The summed E-state index contributed by atoms with van der Waals surface area (Å²) in [6.07, 6.45) is -7.22. The maximum Gasteiger partial charge on any atom is 1.00 e.